The maximum atomic E-state index is 12.9. The zero-order chi connectivity index (χ0) is 21.2. The van der Waals surface area contributed by atoms with Gasteiger partial charge in [0, 0.05) is 29.2 Å². The average Bonchev–Trinajstić information content (AvgIpc) is 2.70. The number of halogens is 1. The topological polar surface area (TPSA) is 75.7 Å². The lowest BCUT2D eigenvalue weighted by Gasteiger charge is -2.32. The highest BCUT2D eigenvalue weighted by molar-refractivity contribution is 7.89. The van der Waals surface area contributed by atoms with Crippen LogP contribution < -0.4 is 10.1 Å². The third-order valence-electron chi connectivity index (χ3n) is 5.19. The fourth-order valence-corrected chi connectivity index (χ4v) is 5.32. The predicted octanol–water partition coefficient (Wildman–Crippen LogP) is 4.47. The van der Waals surface area contributed by atoms with Crippen molar-refractivity contribution in [3.63, 3.8) is 0 Å². The Balaban J connectivity index is 1.80. The molecule has 1 heterocycles. The van der Waals surface area contributed by atoms with E-state index < -0.39 is 10.0 Å². The number of anilines is 1. The van der Waals surface area contributed by atoms with Crippen molar-refractivity contribution >= 4 is 33.2 Å². The van der Waals surface area contributed by atoms with Gasteiger partial charge in [-0.25, -0.2) is 8.42 Å². The number of methoxy groups -OCH3 is 1. The summed E-state index contributed by atoms with van der Waals surface area (Å²) in [5.74, 6) is 0.0903. The molecule has 8 heteroatoms. The van der Waals surface area contributed by atoms with E-state index in [-0.39, 0.29) is 16.8 Å². The molecule has 29 heavy (non-hydrogen) atoms. The van der Waals surface area contributed by atoms with Gasteiger partial charge in [0.2, 0.25) is 10.0 Å². The molecule has 0 aliphatic carbocycles. The Morgan fingerprint density at radius 2 is 1.90 bits per heavy atom. The minimum Gasteiger partial charge on any atom is -0.495 e. The van der Waals surface area contributed by atoms with Crippen LogP contribution in [0, 0.1) is 6.92 Å². The molecule has 6 nitrogen and oxygen atoms in total. The van der Waals surface area contributed by atoms with E-state index in [9.17, 15) is 13.2 Å². The lowest BCUT2D eigenvalue weighted by Crippen LogP contribution is -2.41. The van der Waals surface area contributed by atoms with Gasteiger partial charge in [0.25, 0.3) is 5.91 Å². The number of sulfonamides is 1. The number of carbonyl (C=O) groups is 1. The molecule has 1 N–H and O–H groups in total. The van der Waals surface area contributed by atoms with E-state index in [1.807, 2.05) is 13.8 Å². The Labute approximate surface area is 176 Å². The molecular formula is C21H25ClN2O4S. The summed E-state index contributed by atoms with van der Waals surface area (Å²) in [5, 5.41) is 3.33. The average molecular weight is 437 g/mol. The second-order valence-corrected chi connectivity index (χ2v) is 9.54. The maximum absolute atomic E-state index is 12.9. The van der Waals surface area contributed by atoms with Gasteiger partial charge < -0.3 is 10.1 Å². The molecule has 0 aromatic heterocycles. The second-order valence-electron chi connectivity index (χ2n) is 7.24. The van der Waals surface area contributed by atoms with Crippen LogP contribution in [0.2, 0.25) is 5.02 Å². The minimum atomic E-state index is -3.57. The number of rotatable bonds is 5. The smallest absolute Gasteiger partial charge is 0.255 e. The molecule has 1 amide bonds. The number of piperidine rings is 1. The third kappa shape index (κ3) is 4.57. The van der Waals surface area contributed by atoms with Crippen molar-refractivity contribution in [2.45, 2.75) is 44.0 Å². The number of hydrogen-bond donors (Lipinski definition) is 1. The van der Waals surface area contributed by atoms with Gasteiger partial charge in [-0.2, -0.15) is 4.31 Å². The Morgan fingerprint density at radius 3 is 2.52 bits per heavy atom. The number of hydrogen-bond acceptors (Lipinski definition) is 4. The number of benzene rings is 2. The van der Waals surface area contributed by atoms with Gasteiger partial charge in [-0.15, -0.1) is 0 Å². The van der Waals surface area contributed by atoms with Crippen LogP contribution in [0.1, 0.15) is 42.1 Å². The Hall–Kier alpha value is -2.09. The van der Waals surface area contributed by atoms with Gasteiger partial charge in [0.15, 0.2) is 0 Å². The first-order valence-electron chi connectivity index (χ1n) is 9.51. The number of nitrogens with one attached hydrogen (secondary N) is 1. The first-order valence-corrected chi connectivity index (χ1v) is 11.3. The molecule has 2 aromatic rings. The fraction of sp³-hybridized carbons (Fsp3) is 0.381. The van der Waals surface area contributed by atoms with Gasteiger partial charge in [0.05, 0.1) is 17.7 Å². The summed E-state index contributed by atoms with van der Waals surface area (Å²) in [6, 6.07) is 9.36. The van der Waals surface area contributed by atoms with Gasteiger partial charge in [-0.05, 0) is 62.6 Å². The summed E-state index contributed by atoms with van der Waals surface area (Å²) in [5.41, 5.74) is 1.66. The Morgan fingerprint density at radius 1 is 1.21 bits per heavy atom. The minimum absolute atomic E-state index is 0.0164. The summed E-state index contributed by atoms with van der Waals surface area (Å²) < 4.78 is 32.7. The summed E-state index contributed by atoms with van der Waals surface area (Å²) in [7, 11) is -2.07. The van der Waals surface area contributed by atoms with E-state index in [2.05, 4.69) is 5.32 Å². The van der Waals surface area contributed by atoms with Crippen LogP contribution in [0.3, 0.4) is 0 Å². The SMILES string of the molecule is COc1cc(Cl)c(C)cc1NC(=O)c1ccc(S(=O)(=O)N2CCCCC2C)cc1. The normalized spacial score (nSPS) is 17.7. The van der Waals surface area contributed by atoms with E-state index in [1.54, 1.807) is 16.4 Å². The molecule has 1 atom stereocenters. The summed E-state index contributed by atoms with van der Waals surface area (Å²) in [6.07, 6.45) is 2.77. The fourth-order valence-electron chi connectivity index (χ4n) is 3.47. The molecule has 3 rings (SSSR count). The largest absolute Gasteiger partial charge is 0.495 e. The van der Waals surface area contributed by atoms with Crippen molar-refractivity contribution in [2.24, 2.45) is 0 Å². The van der Waals surface area contributed by atoms with Crippen LogP contribution in [0.5, 0.6) is 5.75 Å². The van der Waals surface area contributed by atoms with Crippen LogP contribution in [-0.4, -0.2) is 38.3 Å². The summed E-state index contributed by atoms with van der Waals surface area (Å²) in [6.45, 7) is 4.29. The van der Waals surface area contributed by atoms with Crippen molar-refractivity contribution in [1.29, 1.82) is 0 Å². The molecule has 1 unspecified atom stereocenters. The zero-order valence-corrected chi connectivity index (χ0v) is 18.3. The van der Waals surface area contributed by atoms with Gasteiger partial charge in [-0.3, -0.25) is 4.79 Å². The highest BCUT2D eigenvalue weighted by Gasteiger charge is 2.30. The number of ether oxygens (including phenoxy) is 1. The van der Waals surface area contributed by atoms with Crippen molar-refractivity contribution in [3.8, 4) is 5.75 Å². The van der Waals surface area contributed by atoms with Crippen molar-refractivity contribution < 1.29 is 17.9 Å². The van der Waals surface area contributed by atoms with Crippen molar-refractivity contribution in [2.75, 3.05) is 19.0 Å². The van der Waals surface area contributed by atoms with Gasteiger partial charge in [-0.1, -0.05) is 18.0 Å². The van der Waals surface area contributed by atoms with Crippen LogP contribution in [0.15, 0.2) is 41.3 Å². The first-order chi connectivity index (χ1) is 13.7. The van der Waals surface area contributed by atoms with Crippen molar-refractivity contribution in [1.82, 2.24) is 4.31 Å². The highest BCUT2D eigenvalue weighted by atomic mass is 35.5. The molecule has 0 spiro atoms. The first kappa shape index (κ1) is 21.6. The van der Waals surface area contributed by atoms with E-state index in [1.165, 1.54) is 31.4 Å². The van der Waals surface area contributed by atoms with Gasteiger partial charge >= 0.3 is 0 Å². The van der Waals surface area contributed by atoms with Crippen LogP contribution >= 0.6 is 11.6 Å². The maximum Gasteiger partial charge on any atom is 0.255 e. The lowest BCUT2D eigenvalue weighted by molar-refractivity contribution is 0.102. The van der Waals surface area contributed by atoms with Gasteiger partial charge in [0.1, 0.15) is 5.75 Å². The predicted molar refractivity (Wildman–Crippen MR) is 114 cm³/mol. The molecule has 0 saturated carbocycles. The lowest BCUT2D eigenvalue weighted by atomic mass is 10.1. The quantitative estimate of drug-likeness (QED) is 0.750. The molecule has 156 valence electrons. The zero-order valence-electron chi connectivity index (χ0n) is 16.7. The van der Waals surface area contributed by atoms with E-state index >= 15 is 0 Å². The highest BCUT2D eigenvalue weighted by Crippen LogP contribution is 2.31. The molecule has 1 aliphatic rings. The summed E-state index contributed by atoms with van der Waals surface area (Å²) in [4.78, 5) is 12.8. The summed E-state index contributed by atoms with van der Waals surface area (Å²) >= 11 is 6.10. The number of aryl methyl sites for hydroxylation is 1. The van der Waals surface area contributed by atoms with E-state index in [0.717, 1.165) is 24.8 Å². The number of amides is 1. The van der Waals surface area contributed by atoms with Crippen LogP contribution in [0.4, 0.5) is 5.69 Å². The Bertz CT molecular complexity index is 1010. The van der Waals surface area contributed by atoms with E-state index in [4.69, 9.17) is 16.3 Å². The molecular weight excluding hydrogens is 412 g/mol. The van der Waals surface area contributed by atoms with Crippen LogP contribution in [-0.2, 0) is 10.0 Å². The second kappa shape index (κ2) is 8.73. The molecule has 1 aliphatic heterocycles. The van der Waals surface area contributed by atoms with E-state index in [0.29, 0.717) is 28.6 Å². The van der Waals surface area contributed by atoms with Crippen LogP contribution in [0.25, 0.3) is 0 Å². The molecule has 0 bridgehead atoms. The molecule has 1 fully saturated rings. The third-order valence-corrected chi connectivity index (χ3v) is 7.63. The number of nitrogens with zero attached hydrogens (tertiary/aromatic N) is 1. The number of carbonyl (C=O) groups excluding carboxylic acids is 1. The molecule has 2 aromatic carbocycles. The standard InChI is InChI=1S/C21H25ClN2O4S/c1-14-12-19(20(28-3)13-18(14)22)23-21(25)16-7-9-17(10-8-16)29(26,27)24-11-5-4-6-15(24)2/h7-10,12-13,15H,4-6,11H2,1-3H3,(H,23,25). The molecule has 1 saturated heterocycles. The Kier molecular flexibility index (Phi) is 6.51. The molecule has 0 radical (unpaired) electrons. The monoisotopic (exact) mass is 436 g/mol. The van der Waals surface area contributed by atoms with Crippen molar-refractivity contribution in [3.05, 3.63) is 52.5 Å².